The summed E-state index contributed by atoms with van der Waals surface area (Å²) in [6.07, 6.45) is -4.53. The van der Waals surface area contributed by atoms with Crippen molar-refractivity contribution in [3.8, 4) is 0 Å². The third kappa shape index (κ3) is 3.13. The number of nitrogens with zero attached hydrogens (tertiary/aromatic N) is 4. The molecule has 2 aromatic rings. The number of benzene rings is 1. The Hall–Kier alpha value is -2.55. The third-order valence-corrected chi connectivity index (χ3v) is 5.41. The van der Waals surface area contributed by atoms with E-state index in [1.165, 1.54) is 11.0 Å². The van der Waals surface area contributed by atoms with E-state index in [-0.39, 0.29) is 12.5 Å². The normalized spacial score (nSPS) is 22.4. The summed E-state index contributed by atoms with van der Waals surface area (Å²) in [7, 11) is 0. The SMILES string of the molecule is C[C@@]1(C(F)(F)F)Cn2c(nc(N3CCOCC3)cc2=O)N1Cc1ccccc1. The van der Waals surface area contributed by atoms with Gasteiger partial charge in [0.25, 0.3) is 5.56 Å². The molecule has 1 aromatic heterocycles. The molecule has 0 aliphatic carbocycles. The average molecular weight is 394 g/mol. The van der Waals surface area contributed by atoms with E-state index < -0.39 is 23.8 Å². The number of aromatic nitrogens is 2. The van der Waals surface area contributed by atoms with Gasteiger partial charge in [0.1, 0.15) is 5.82 Å². The van der Waals surface area contributed by atoms with Crippen molar-refractivity contribution in [1.29, 1.82) is 0 Å². The Morgan fingerprint density at radius 1 is 1.18 bits per heavy atom. The lowest BCUT2D eigenvalue weighted by Crippen LogP contribution is -2.55. The van der Waals surface area contributed by atoms with Crippen LogP contribution in [0.3, 0.4) is 0 Å². The standard InChI is InChI=1S/C19H21F3N4O2/c1-18(19(20,21)22)13-25-16(27)11-15(24-7-9-28-10-8-24)23-17(25)26(18)12-14-5-3-2-4-6-14/h2-6,11H,7-10,12-13H2,1H3/t18-/m0/s1. The van der Waals surface area contributed by atoms with E-state index in [0.29, 0.717) is 32.1 Å². The molecule has 6 nitrogen and oxygen atoms in total. The highest BCUT2D eigenvalue weighted by molar-refractivity contribution is 5.50. The van der Waals surface area contributed by atoms with Crippen LogP contribution in [0.2, 0.25) is 0 Å². The van der Waals surface area contributed by atoms with E-state index in [1.54, 1.807) is 24.3 Å². The van der Waals surface area contributed by atoms with E-state index in [9.17, 15) is 18.0 Å². The van der Waals surface area contributed by atoms with E-state index in [1.807, 2.05) is 11.0 Å². The molecule has 9 heteroatoms. The summed E-state index contributed by atoms with van der Waals surface area (Å²) in [6.45, 7) is 2.74. The number of halogens is 3. The first-order chi connectivity index (χ1) is 13.3. The summed E-state index contributed by atoms with van der Waals surface area (Å²) in [5, 5.41) is 0. The Labute approximate surface area is 160 Å². The van der Waals surface area contributed by atoms with Crippen molar-refractivity contribution in [2.24, 2.45) is 0 Å². The number of alkyl halides is 3. The van der Waals surface area contributed by atoms with Gasteiger partial charge >= 0.3 is 6.18 Å². The summed E-state index contributed by atoms with van der Waals surface area (Å²) >= 11 is 0. The Morgan fingerprint density at radius 3 is 2.50 bits per heavy atom. The van der Waals surface area contributed by atoms with Gasteiger partial charge in [-0.3, -0.25) is 9.36 Å². The van der Waals surface area contributed by atoms with Crippen molar-refractivity contribution in [2.45, 2.75) is 31.7 Å². The third-order valence-electron chi connectivity index (χ3n) is 5.41. The van der Waals surface area contributed by atoms with Crippen LogP contribution in [0.1, 0.15) is 12.5 Å². The highest BCUT2D eigenvalue weighted by Crippen LogP contribution is 2.44. The number of anilines is 2. The predicted octanol–water partition coefficient (Wildman–Crippen LogP) is 2.42. The fraction of sp³-hybridized carbons (Fsp3) is 0.474. The first-order valence-corrected chi connectivity index (χ1v) is 9.12. The van der Waals surface area contributed by atoms with Gasteiger partial charge in [-0.05, 0) is 12.5 Å². The molecule has 0 radical (unpaired) electrons. The number of hydrogen-bond donors (Lipinski definition) is 0. The maximum Gasteiger partial charge on any atom is 0.413 e. The van der Waals surface area contributed by atoms with Crippen LogP contribution < -0.4 is 15.4 Å². The quantitative estimate of drug-likeness (QED) is 0.800. The van der Waals surface area contributed by atoms with Crippen molar-refractivity contribution in [2.75, 3.05) is 36.1 Å². The van der Waals surface area contributed by atoms with Gasteiger partial charge in [0, 0.05) is 25.7 Å². The predicted molar refractivity (Wildman–Crippen MR) is 98.6 cm³/mol. The lowest BCUT2D eigenvalue weighted by Gasteiger charge is -2.37. The van der Waals surface area contributed by atoms with Crippen LogP contribution in [0.4, 0.5) is 24.9 Å². The van der Waals surface area contributed by atoms with Gasteiger partial charge in [-0.1, -0.05) is 30.3 Å². The molecular weight excluding hydrogens is 373 g/mol. The minimum absolute atomic E-state index is 0.00978. The summed E-state index contributed by atoms with van der Waals surface area (Å²) in [5.41, 5.74) is -1.97. The second-order valence-electron chi connectivity index (χ2n) is 7.28. The molecule has 2 aliphatic rings. The molecule has 0 N–H and O–H groups in total. The monoisotopic (exact) mass is 394 g/mol. The lowest BCUT2D eigenvalue weighted by atomic mass is 10.00. The molecule has 2 aliphatic heterocycles. The fourth-order valence-corrected chi connectivity index (χ4v) is 3.66. The topological polar surface area (TPSA) is 50.6 Å². The molecular formula is C19H21F3N4O2. The molecule has 1 saturated heterocycles. The van der Waals surface area contributed by atoms with Crippen LogP contribution in [0.25, 0.3) is 0 Å². The van der Waals surface area contributed by atoms with Gasteiger partial charge < -0.3 is 14.5 Å². The summed E-state index contributed by atoms with van der Waals surface area (Å²) in [6, 6.07) is 10.2. The van der Waals surface area contributed by atoms with Crippen molar-refractivity contribution in [3.63, 3.8) is 0 Å². The minimum Gasteiger partial charge on any atom is -0.378 e. The molecule has 0 bridgehead atoms. The fourth-order valence-electron chi connectivity index (χ4n) is 3.66. The van der Waals surface area contributed by atoms with Gasteiger partial charge in [0.2, 0.25) is 5.95 Å². The largest absolute Gasteiger partial charge is 0.413 e. The second-order valence-corrected chi connectivity index (χ2v) is 7.28. The van der Waals surface area contributed by atoms with Gasteiger partial charge in [-0.25, -0.2) is 0 Å². The molecule has 0 spiro atoms. The Morgan fingerprint density at radius 2 is 1.86 bits per heavy atom. The number of ether oxygens (including phenoxy) is 1. The second kappa shape index (κ2) is 6.80. The summed E-state index contributed by atoms with van der Waals surface area (Å²) in [4.78, 5) is 20.2. The van der Waals surface area contributed by atoms with Crippen molar-refractivity contribution in [1.82, 2.24) is 9.55 Å². The maximum absolute atomic E-state index is 14.0. The van der Waals surface area contributed by atoms with Gasteiger partial charge in [-0.15, -0.1) is 0 Å². The van der Waals surface area contributed by atoms with Gasteiger partial charge in [0.05, 0.1) is 19.8 Å². The smallest absolute Gasteiger partial charge is 0.378 e. The van der Waals surface area contributed by atoms with Crippen LogP contribution >= 0.6 is 0 Å². The Bertz CT molecular complexity index is 910. The van der Waals surface area contributed by atoms with Crippen LogP contribution in [-0.4, -0.2) is 47.6 Å². The molecule has 0 saturated carbocycles. The molecule has 1 atom stereocenters. The molecule has 28 heavy (non-hydrogen) atoms. The highest BCUT2D eigenvalue weighted by atomic mass is 19.4. The van der Waals surface area contributed by atoms with Crippen LogP contribution in [0.5, 0.6) is 0 Å². The molecule has 3 heterocycles. The molecule has 4 rings (SSSR count). The van der Waals surface area contributed by atoms with Crippen molar-refractivity contribution >= 4 is 11.8 Å². The lowest BCUT2D eigenvalue weighted by molar-refractivity contribution is -0.182. The van der Waals surface area contributed by atoms with Crippen LogP contribution in [0, 0.1) is 0 Å². The zero-order valence-corrected chi connectivity index (χ0v) is 15.4. The highest BCUT2D eigenvalue weighted by Gasteiger charge is 2.59. The first-order valence-electron chi connectivity index (χ1n) is 9.12. The van der Waals surface area contributed by atoms with Gasteiger partial charge in [0.15, 0.2) is 5.54 Å². The molecule has 0 amide bonds. The zero-order chi connectivity index (χ0) is 19.9. The van der Waals surface area contributed by atoms with E-state index in [4.69, 9.17) is 4.74 Å². The number of hydrogen-bond acceptors (Lipinski definition) is 5. The average Bonchev–Trinajstić information content (AvgIpc) is 2.97. The zero-order valence-electron chi connectivity index (χ0n) is 15.4. The first kappa shape index (κ1) is 18.8. The van der Waals surface area contributed by atoms with E-state index in [2.05, 4.69) is 4.98 Å². The van der Waals surface area contributed by atoms with Crippen LogP contribution in [0.15, 0.2) is 41.2 Å². The minimum atomic E-state index is -4.53. The van der Waals surface area contributed by atoms with Crippen molar-refractivity contribution in [3.05, 3.63) is 52.3 Å². The van der Waals surface area contributed by atoms with Crippen molar-refractivity contribution < 1.29 is 17.9 Å². The number of fused-ring (bicyclic) bond motifs is 1. The summed E-state index contributed by atoms with van der Waals surface area (Å²) < 4.78 is 48.5. The number of rotatable bonds is 3. The Kier molecular flexibility index (Phi) is 4.57. The molecule has 1 aromatic carbocycles. The molecule has 150 valence electrons. The Balaban J connectivity index is 1.79. The van der Waals surface area contributed by atoms with Crippen LogP contribution in [-0.2, 0) is 17.8 Å². The molecule has 0 unspecified atom stereocenters. The molecule has 1 fully saturated rings. The van der Waals surface area contributed by atoms with Gasteiger partial charge in [-0.2, -0.15) is 18.2 Å². The maximum atomic E-state index is 14.0. The van der Waals surface area contributed by atoms with E-state index in [0.717, 1.165) is 17.1 Å². The number of morpholine rings is 1. The summed E-state index contributed by atoms with van der Waals surface area (Å²) in [5.74, 6) is 0.446. The van der Waals surface area contributed by atoms with E-state index >= 15 is 0 Å².